The topological polar surface area (TPSA) is 17.1 Å². The van der Waals surface area contributed by atoms with Gasteiger partial charge in [-0.25, -0.2) is 8.78 Å². The lowest BCUT2D eigenvalue weighted by molar-refractivity contribution is -0.108. The second-order valence-corrected chi connectivity index (χ2v) is 4.00. The minimum atomic E-state index is -0.619. The fourth-order valence-corrected chi connectivity index (χ4v) is 1.69. The maximum absolute atomic E-state index is 13.3. The number of carbonyl (C=O) groups excluding carboxylic acids is 1. The van der Waals surface area contributed by atoms with Gasteiger partial charge in [0, 0.05) is 16.5 Å². The Hall–Kier alpha value is -0.770. The van der Waals surface area contributed by atoms with Crippen LogP contribution in [0.3, 0.4) is 0 Å². The summed E-state index contributed by atoms with van der Waals surface area (Å²) >= 11 is 2.99. The molecule has 0 bridgehead atoms. The maximum atomic E-state index is 13.3. The van der Waals surface area contributed by atoms with Crippen LogP contribution in [0.15, 0.2) is 16.6 Å². The van der Waals surface area contributed by atoms with Gasteiger partial charge in [-0.1, -0.05) is 22.9 Å². The molecule has 0 amide bonds. The molecule has 1 atom stereocenters. The molecule has 0 radical (unpaired) electrons. The Morgan fingerprint density at radius 3 is 2.36 bits per heavy atom. The number of aldehydes is 1. The van der Waals surface area contributed by atoms with E-state index in [0.717, 1.165) is 0 Å². The van der Waals surface area contributed by atoms with Crippen molar-refractivity contribution in [3.8, 4) is 0 Å². The zero-order valence-electron chi connectivity index (χ0n) is 7.56. The van der Waals surface area contributed by atoms with Crippen LogP contribution >= 0.6 is 15.9 Å². The summed E-state index contributed by atoms with van der Waals surface area (Å²) in [5.74, 6) is -1.67. The molecular formula is C10H9BrF2O. The molecule has 0 spiro atoms. The standard InChI is InChI=1S/C10H9BrF2O/c1-6(2-3-14)10-8(12)4-7(11)5-9(10)13/h3-6H,2H2,1H3/t6-/m1/s1. The molecule has 4 heteroatoms. The van der Waals surface area contributed by atoms with Crippen LogP contribution in [0, 0.1) is 11.6 Å². The molecule has 1 nitrogen and oxygen atoms in total. The van der Waals surface area contributed by atoms with Crippen LogP contribution in [0.1, 0.15) is 24.8 Å². The van der Waals surface area contributed by atoms with Gasteiger partial charge < -0.3 is 4.79 Å². The molecule has 0 fully saturated rings. The SMILES string of the molecule is C[C@H](CC=O)c1c(F)cc(Br)cc1F. The van der Waals surface area contributed by atoms with Crippen molar-refractivity contribution in [3.05, 3.63) is 33.8 Å². The highest BCUT2D eigenvalue weighted by Crippen LogP contribution is 2.27. The average Bonchev–Trinajstić information content (AvgIpc) is 2.01. The van der Waals surface area contributed by atoms with Crippen LogP contribution in [0.4, 0.5) is 8.78 Å². The molecular weight excluding hydrogens is 254 g/mol. The highest BCUT2D eigenvalue weighted by Gasteiger charge is 2.16. The van der Waals surface area contributed by atoms with Crippen LogP contribution in [0.25, 0.3) is 0 Å². The molecule has 14 heavy (non-hydrogen) atoms. The molecule has 0 heterocycles. The summed E-state index contributed by atoms with van der Waals surface area (Å²) in [6.07, 6.45) is 0.779. The fraction of sp³-hybridized carbons (Fsp3) is 0.300. The zero-order chi connectivity index (χ0) is 10.7. The van der Waals surface area contributed by atoms with Crippen molar-refractivity contribution in [3.63, 3.8) is 0 Å². The molecule has 0 aliphatic rings. The van der Waals surface area contributed by atoms with Gasteiger partial charge in [0.25, 0.3) is 0 Å². The predicted molar refractivity (Wildman–Crippen MR) is 53.2 cm³/mol. The third-order valence-corrected chi connectivity index (χ3v) is 2.44. The monoisotopic (exact) mass is 262 g/mol. The third kappa shape index (κ3) is 2.38. The van der Waals surface area contributed by atoms with Crippen molar-refractivity contribution in [1.82, 2.24) is 0 Å². The van der Waals surface area contributed by atoms with E-state index in [1.54, 1.807) is 6.92 Å². The largest absolute Gasteiger partial charge is 0.303 e. The molecule has 76 valence electrons. The van der Waals surface area contributed by atoms with Crippen LogP contribution in [0.5, 0.6) is 0 Å². The van der Waals surface area contributed by atoms with Gasteiger partial charge in [0.15, 0.2) is 0 Å². The van der Waals surface area contributed by atoms with Crippen molar-refractivity contribution in [2.24, 2.45) is 0 Å². The van der Waals surface area contributed by atoms with Gasteiger partial charge in [-0.15, -0.1) is 0 Å². The van der Waals surface area contributed by atoms with Crippen molar-refractivity contribution in [2.75, 3.05) is 0 Å². The lowest BCUT2D eigenvalue weighted by Gasteiger charge is -2.10. The van der Waals surface area contributed by atoms with E-state index in [1.807, 2.05) is 0 Å². The molecule has 0 aliphatic carbocycles. The molecule has 0 saturated carbocycles. The normalized spacial score (nSPS) is 12.6. The van der Waals surface area contributed by atoms with E-state index >= 15 is 0 Å². The first kappa shape index (κ1) is 11.3. The Kier molecular flexibility index (Phi) is 3.75. The number of hydrogen-bond donors (Lipinski definition) is 0. The molecule has 0 saturated heterocycles. The van der Waals surface area contributed by atoms with Crippen LogP contribution in [0.2, 0.25) is 0 Å². The van der Waals surface area contributed by atoms with E-state index < -0.39 is 17.6 Å². The summed E-state index contributed by atoms with van der Waals surface area (Å²) in [6, 6.07) is 2.39. The van der Waals surface area contributed by atoms with E-state index in [1.165, 1.54) is 12.1 Å². The maximum Gasteiger partial charge on any atom is 0.130 e. The summed E-state index contributed by atoms with van der Waals surface area (Å²) in [6.45, 7) is 1.61. The highest BCUT2D eigenvalue weighted by molar-refractivity contribution is 9.10. The van der Waals surface area contributed by atoms with Crippen molar-refractivity contribution >= 4 is 22.2 Å². The van der Waals surface area contributed by atoms with E-state index in [9.17, 15) is 13.6 Å². The quantitative estimate of drug-likeness (QED) is 0.763. The highest BCUT2D eigenvalue weighted by atomic mass is 79.9. The van der Waals surface area contributed by atoms with Gasteiger partial charge in [0.2, 0.25) is 0 Å². The molecule has 0 unspecified atom stereocenters. The molecule has 0 aliphatic heterocycles. The number of rotatable bonds is 3. The van der Waals surface area contributed by atoms with Crippen LogP contribution < -0.4 is 0 Å². The molecule has 0 N–H and O–H groups in total. The second kappa shape index (κ2) is 4.64. The Morgan fingerprint density at radius 2 is 1.93 bits per heavy atom. The molecule has 1 rings (SSSR count). The number of benzene rings is 1. The summed E-state index contributed by atoms with van der Waals surface area (Å²) < 4.78 is 27.0. The Balaban J connectivity index is 3.13. The smallest absolute Gasteiger partial charge is 0.130 e. The van der Waals surface area contributed by atoms with Gasteiger partial charge in [-0.05, 0) is 18.1 Å². The first-order valence-corrected chi connectivity index (χ1v) is 4.93. The first-order chi connectivity index (χ1) is 6.56. The number of hydrogen-bond acceptors (Lipinski definition) is 1. The van der Waals surface area contributed by atoms with Crippen molar-refractivity contribution in [2.45, 2.75) is 19.3 Å². The summed E-state index contributed by atoms with van der Waals surface area (Å²) in [4.78, 5) is 10.2. The van der Waals surface area contributed by atoms with E-state index in [-0.39, 0.29) is 12.0 Å². The van der Waals surface area contributed by atoms with Crippen LogP contribution in [-0.4, -0.2) is 6.29 Å². The Labute approximate surface area is 89.3 Å². The third-order valence-electron chi connectivity index (χ3n) is 1.99. The zero-order valence-corrected chi connectivity index (χ0v) is 9.14. The van der Waals surface area contributed by atoms with Gasteiger partial charge in [-0.2, -0.15) is 0 Å². The van der Waals surface area contributed by atoms with Gasteiger partial charge in [0.1, 0.15) is 17.9 Å². The molecule has 0 aromatic heterocycles. The van der Waals surface area contributed by atoms with Crippen LogP contribution in [-0.2, 0) is 4.79 Å². The van der Waals surface area contributed by atoms with E-state index in [4.69, 9.17) is 0 Å². The lowest BCUT2D eigenvalue weighted by atomic mass is 9.97. The van der Waals surface area contributed by atoms with E-state index in [2.05, 4.69) is 15.9 Å². The Bertz CT molecular complexity index is 329. The molecule has 1 aromatic carbocycles. The summed E-state index contributed by atoms with van der Waals surface area (Å²) in [7, 11) is 0. The first-order valence-electron chi connectivity index (χ1n) is 4.14. The van der Waals surface area contributed by atoms with Gasteiger partial charge in [-0.3, -0.25) is 0 Å². The minimum Gasteiger partial charge on any atom is -0.303 e. The second-order valence-electron chi connectivity index (χ2n) is 3.09. The lowest BCUT2D eigenvalue weighted by Crippen LogP contribution is -2.02. The molecule has 1 aromatic rings. The van der Waals surface area contributed by atoms with Crippen molar-refractivity contribution in [1.29, 1.82) is 0 Å². The summed E-state index contributed by atoms with van der Waals surface area (Å²) in [5, 5.41) is 0. The summed E-state index contributed by atoms with van der Waals surface area (Å²) in [5.41, 5.74) is -0.0275. The van der Waals surface area contributed by atoms with Crippen molar-refractivity contribution < 1.29 is 13.6 Å². The fourth-order valence-electron chi connectivity index (χ4n) is 1.29. The van der Waals surface area contributed by atoms with Gasteiger partial charge in [0.05, 0.1) is 0 Å². The number of carbonyl (C=O) groups is 1. The van der Waals surface area contributed by atoms with Gasteiger partial charge >= 0.3 is 0 Å². The number of halogens is 3. The van der Waals surface area contributed by atoms with E-state index in [0.29, 0.717) is 10.8 Å². The predicted octanol–water partition coefficient (Wildman–Crippen LogP) is 3.42. The minimum absolute atomic E-state index is 0.0275. The average molecular weight is 263 g/mol. The Morgan fingerprint density at radius 1 is 1.43 bits per heavy atom.